The second-order valence-electron chi connectivity index (χ2n) is 4.58. The van der Waals surface area contributed by atoms with Crippen molar-refractivity contribution < 1.29 is 4.39 Å². The largest absolute Gasteiger partial charge is 0.339 e. The molecule has 2 nitrogen and oxygen atoms in total. The summed E-state index contributed by atoms with van der Waals surface area (Å²) in [4.78, 5) is 1.94. The van der Waals surface area contributed by atoms with E-state index >= 15 is 0 Å². The zero-order chi connectivity index (χ0) is 13.8. The molecule has 0 amide bonds. The summed E-state index contributed by atoms with van der Waals surface area (Å²) >= 11 is 0. The van der Waals surface area contributed by atoms with E-state index in [-0.39, 0.29) is 11.9 Å². The number of hydrogen-bond donors (Lipinski definition) is 1. The van der Waals surface area contributed by atoms with Crippen LogP contribution in [0.5, 0.6) is 0 Å². The predicted molar refractivity (Wildman–Crippen MR) is 78.1 cm³/mol. The van der Waals surface area contributed by atoms with Gasteiger partial charge in [0.05, 0.1) is 5.69 Å². The lowest BCUT2D eigenvalue weighted by Crippen LogP contribution is -2.17. The minimum absolute atomic E-state index is 0.157. The van der Waals surface area contributed by atoms with Gasteiger partial charge in [0.1, 0.15) is 5.82 Å². The molecule has 1 atom stereocenters. The average molecular weight is 258 g/mol. The highest BCUT2D eigenvalue weighted by Gasteiger charge is 2.13. The minimum atomic E-state index is -0.236. The van der Waals surface area contributed by atoms with Gasteiger partial charge in [0.2, 0.25) is 0 Å². The Labute approximate surface area is 113 Å². The maximum atomic E-state index is 14.2. The van der Waals surface area contributed by atoms with Crippen LogP contribution < -0.4 is 10.6 Å². The summed E-state index contributed by atoms with van der Waals surface area (Å²) in [5, 5.41) is 0. The van der Waals surface area contributed by atoms with Gasteiger partial charge in [-0.15, -0.1) is 0 Å². The van der Waals surface area contributed by atoms with Gasteiger partial charge in [-0.1, -0.05) is 24.3 Å². The van der Waals surface area contributed by atoms with Crippen LogP contribution in [-0.4, -0.2) is 6.54 Å². The van der Waals surface area contributed by atoms with Gasteiger partial charge >= 0.3 is 0 Å². The molecule has 0 aliphatic rings. The second kappa shape index (κ2) is 5.85. The summed E-state index contributed by atoms with van der Waals surface area (Å²) in [6, 6.07) is 14.8. The highest BCUT2D eigenvalue weighted by atomic mass is 19.1. The predicted octanol–water partition coefficient (Wildman–Crippen LogP) is 4.00. The van der Waals surface area contributed by atoms with Crippen LogP contribution in [0.2, 0.25) is 0 Å². The van der Waals surface area contributed by atoms with E-state index < -0.39 is 0 Å². The second-order valence-corrected chi connectivity index (χ2v) is 4.58. The Hall–Kier alpha value is -1.87. The van der Waals surface area contributed by atoms with Crippen LogP contribution in [0.3, 0.4) is 0 Å². The molecule has 0 aliphatic heterocycles. The highest BCUT2D eigenvalue weighted by Crippen LogP contribution is 2.28. The molecule has 0 bridgehead atoms. The number of para-hydroxylation sites is 1. The van der Waals surface area contributed by atoms with E-state index in [1.807, 2.05) is 55.1 Å². The Morgan fingerprint density at radius 1 is 1.16 bits per heavy atom. The van der Waals surface area contributed by atoms with Crippen molar-refractivity contribution in [1.29, 1.82) is 0 Å². The van der Waals surface area contributed by atoms with Crippen LogP contribution in [0.1, 0.15) is 25.5 Å². The number of rotatable bonds is 4. The molecule has 0 fully saturated rings. The van der Waals surface area contributed by atoms with Crippen LogP contribution in [0.4, 0.5) is 15.8 Å². The minimum Gasteiger partial charge on any atom is -0.339 e. The normalized spacial score (nSPS) is 12.2. The third kappa shape index (κ3) is 2.93. The summed E-state index contributed by atoms with van der Waals surface area (Å²) in [6.07, 6.45) is 0. The molecular weight excluding hydrogens is 239 g/mol. The zero-order valence-corrected chi connectivity index (χ0v) is 11.3. The fourth-order valence-corrected chi connectivity index (χ4v) is 2.13. The molecule has 2 aromatic carbocycles. The van der Waals surface area contributed by atoms with Gasteiger partial charge in [0, 0.05) is 18.3 Å². The molecule has 3 heteroatoms. The molecule has 0 aromatic heterocycles. The first-order valence-electron chi connectivity index (χ1n) is 6.51. The van der Waals surface area contributed by atoms with E-state index in [1.54, 1.807) is 6.07 Å². The van der Waals surface area contributed by atoms with Crippen molar-refractivity contribution in [3.63, 3.8) is 0 Å². The standard InChI is InChI=1S/C16H19FN2/c1-3-19(14-7-5-4-6-8-14)16-10-9-13(12(2)18)11-15(16)17/h4-12H,3,18H2,1-2H3/t12-/m1/s1. The van der Waals surface area contributed by atoms with Crippen molar-refractivity contribution >= 4 is 11.4 Å². The lowest BCUT2D eigenvalue weighted by atomic mass is 10.1. The van der Waals surface area contributed by atoms with Gasteiger partial charge in [-0.25, -0.2) is 4.39 Å². The highest BCUT2D eigenvalue weighted by molar-refractivity contribution is 5.64. The van der Waals surface area contributed by atoms with Gasteiger partial charge in [0.25, 0.3) is 0 Å². The first kappa shape index (κ1) is 13.6. The quantitative estimate of drug-likeness (QED) is 0.898. The van der Waals surface area contributed by atoms with Gasteiger partial charge in [-0.05, 0) is 43.7 Å². The lowest BCUT2D eigenvalue weighted by Gasteiger charge is -2.24. The Balaban J connectivity index is 2.39. The maximum absolute atomic E-state index is 14.2. The van der Waals surface area contributed by atoms with E-state index in [4.69, 9.17) is 5.73 Å². The van der Waals surface area contributed by atoms with Crippen molar-refractivity contribution in [3.05, 3.63) is 59.9 Å². The zero-order valence-electron chi connectivity index (χ0n) is 11.3. The molecule has 19 heavy (non-hydrogen) atoms. The Morgan fingerprint density at radius 2 is 1.84 bits per heavy atom. The first-order chi connectivity index (χ1) is 9.13. The number of halogens is 1. The molecule has 0 radical (unpaired) electrons. The average Bonchev–Trinajstić information content (AvgIpc) is 2.42. The molecule has 0 saturated heterocycles. The van der Waals surface area contributed by atoms with Gasteiger partial charge in [0.15, 0.2) is 0 Å². The SMILES string of the molecule is CCN(c1ccccc1)c1ccc([C@@H](C)N)cc1F. The van der Waals surface area contributed by atoms with Gasteiger partial charge in [-0.2, -0.15) is 0 Å². The number of nitrogens with two attached hydrogens (primary N) is 1. The van der Waals surface area contributed by atoms with Crippen LogP contribution in [0, 0.1) is 5.82 Å². The van der Waals surface area contributed by atoms with E-state index in [0.29, 0.717) is 12.2 Å². The van der Waals surface area contributed by atoms with Crippen molar-refractivity contribution in [1.82, 2.24) is 0 Å². The molecule has 0 unspecified atom stereocenters. The molecule has 2 N–H and O–H groups in total. The molecule has 0 spiro atoms. The van der Waals surface area contributed by atoms with Gasteiger partial charge < -0.3 is 10.6 Å². The van der Waals surface area contributed by atoms with Crippen molar-refractivity contribution in [3.8, 4) is 0 Å². The Kier molecular flexibility index (Phi) is 4.17. The van der Waals surface area contributed by atoms with E-state index in [1.165, 1.54) is 6.07 Å². The Morgan fingerprint density at radius 3 is 2.37 bits per heavy atom. The fraction of sp³-hybridized carbons (Fsp3) is 0.250. The van der Waals surface area contributed by atoms with Crippen LogP contribution in [0.25, 0.3) is 0 Å². The van der Waals surface area contributed by atoms with Crippen LogP contribution in [-0.2, 0) is 0 Å². The third-order valence-electron chi connectivity index (χ3n) is 3.17. The molecule has 2 rings (SSSR count). The van der Waals surface area contributed by atoms with Crippen LogP contribution in [0.15, 0.2) is 48.5 Å². The maximum Gasteiger partial charge on any atom is 0.147 e. The summed E-state index contributed by atoms with van der Waals surface area (Å²) in [5.41, 5.74) is 8.15. The topological polar surface area (TPSA) is 29.3 Å². The molecule has 0 aliphatic carbocycles. The number of hydrogen-bond acceptors (Lipinski definition) is 2. The molecule has 100 valence electrons. The summed E-state index contributed by atoms with van der Waals surface area (Å²) < 4.78 is 14.2. The van der Waals surface area contributed by atoms with Crippen LogP contribution >= 0.6 is 0 Å². The number of benzene rings is 2. The summed E-state index contributed by atoms with van der Waals surface area (Å²) in [5.74, 6) is -0.236. The molecule has 0 saturated carbocycles. The molecule has 0 heterocycles. The molecular formula is C16H19FN2. The summed E-state index contributed by atoms with van der Waals surface area (Å²) in [7, 11) is 0. The van der Waals surface area contributed by atoms with Crippen molar-refractivity contribution in [2.75, 3.05) is 11.4 Å². The monoisotopic (exact) mass is 258 g/mol. The lowest BCUT2D eigenvalue weighted by molar-refractivity contribution is 0.620. The number of anilines is 2. The molecule has 2 aromatic rings. The fourth-order valence-electron chi connectivity index (χ4n) is 2.13. The van der Waals surface area contributed by atoms with E-state index in [9.17, 15) is 4.39 Å². The summed E-state index contributed by atoms with van der Waals surface area (Å²) in [6.45, 7) is 4.56. The Bertz CT molecular complexity index is 538. The number of nitrogens with zero attached hydrogens (tertiary/aromatic N) is 1. The van der Waals surface area contributed by atoms with Crippen molar-refractivity contribution in [2.45, 2.75) is 19.9 Å². The van der Waals surface area contributed by atoms with Crippen molar-refractivity contribution in [2.24, 2.45) is 5.73 Å². The first-order valence-corrected chi connectivity index (χ1v) is 6.51. The van der Waals surface area contributed by atoms with Gasteiger partial charge in [-0.3, -0.25) is 0 Å². The smallest absolute Gasteiger partial charge is 0.147 e. The third-order valence-corrected chi connectivity index (χ3v) is 3.17. The van der Waals surface area contributed by atoms with E-state index in [0.717, 1.165) is 11.3 Å². The van der Waals surface area contributed by atoms with E-state index in [2.05, 4.69) is 0 Å².